The average Bonchev–Trinajstić information content (AvgIpc) is 2.95. The van der Waals surface area contributed by atoms with Crippen LogP contribution >= 0.6 is 22.7 Å². The molecule has 3 rings (SSSR count). The van der Waals surface area contributed by atoms with Gasteiger partial charge in [-0.15, -0.1) is 22.7 Å². The molecule has 1 fully saturated rings. The lowest BCUT2D eigenvalue weighted by Crippen LogP contribution is -2.38. The molecule has 0 saturated carbocycles. The highest BCUT2D eigenvalue weighted by Gasteiger charge is 2.23. The van der Waals surface area contributed by atoms with E-state index in [9.17, 15) is 4.79 Å². The molecule has 1 unspecified atom stereocenters. The molecule has 0 aliphatic carbocycles. The van der Waals surface area contributed by atoms with E-state index in [1.54, 1.807) is 11.3 Å². The van der Waals surface area contributed by atoms with Crippen LogP contribution in [0.4, 0.5) is 0 Å². The summed E-state index contributed by atoms with van der Waals surface area (Å²) >= 11 is 3.49. The second-order valence-corrected chi connectivity index (χ2v) is 7.87. The van der Waals surface area contributed by atoms with Gasteiger partial charge in [-0.2, -0.15) is 0 Å². The number of aryl methyl sites for hydroxylation is 1. The average molecular weight is 293 g/mol. The molecule has 0 aromatic carbocycles. The standard InChI is InChI=1S/C15H19NOS2/c1-3-12-7-11-8-13(19-15(11)18-12)14(17)16-6-4-5-10(2)9-16/h7-8,10H,3-6,9H2,1-2H3. The van der Waals surface area contributed by atoms with Crippen LogP contribution in [0.5, 0.6) is 0 Å². The number of carbonyl (C=O) groups excluding carboxylic acids is 1. The minimum atomic E-state index is 0.234. The van der Waals surface area contributed by atoms with Crippen molar-refractivity contribution in [2.24, 2.45) is 5.92 Å². The number of rotatable bonds is 2. The van der Waals surface area contributed by atoms with Crippen LogP contribution in [-0.2, 0) is 6.42 Å². The van der Waals surface area contributed by atoms with E-state index in [1.165, 1.54) is 20.7 Å². The Balaban J connectivity index is 1.82. The molecule has 0 bridgehead atoms. The van der Waals surface area contributed by atoms with Crippen molar-refractivity contribution in [3.63, 3.8) is 0 Å². The van der Waals surface area contributed by atoms with Crippen LogP contribution in [0.3, 0.4) is 0 Å². The Labute approximate surface area is 122 Å². The fourth-order valence-electron chi connectivity index (χ4n) is 2.70. The van der Waals surface area contributed by atoms with Gasteiger partial charge >= 0.3 is 0 Å². The normalized spacial score (nSPS) is 20.1. The van der Waals surface area contributed by atoms with E-state index in [2.05, 4.69) is 26.0 Å². The molecule has 2 aromatic rings. The highest BCUT2D eigenvalue weighted by Crippen LogP contribution is 2.34. The molecule has 1 saturated heterocycles. The zero-order valence-electron chi connectivity index (χ0n) is 11.4. The van der Waals surface area contributed by atoms with Crippen LogP contribution in [-0.4, -0.2) is 23.9 Å². The van der Waals surface area contributed by atoms with Crippen molar-refractivity contribution in [2.45, 2.75) is 33.1 Å². The van der Waals surface area contributed by atoms with Gasteiger partial charge in [0.2, 0.25) is 0 Å². The maximum absolute atomic E-state index is 12.5. The van der Waals surface area contributed by atoms with E-state index >= 15 is 0 Å². The van der Waals surface area contributed by atoms with Gasteiger partial charge < -0.3 is 4.90 Å². The van der Waals surface area contributed by atoms with Gasteiger partial charge in [0.25, 0.3) is 5.91 Å². The molecule has 0 radical (unpaired) electrons. The smallest absolute Gasteiger partial charge is 0.264 e. The van der Waals surface area contributed by atoms with E-state index in [1.807, 2.05) is 16.2 Å². The fourth-order valence-corrected chi connectivity index (χ4v) is 5.10. The molecule has 2 nitrogen and oxygen atoms in total. The van der Waals surface area contributed by atoms with Crippen LogP contribution in [0.25, 0.3) is 9.40 Å². The zero-order chi connectivity index (χ0) is 13.4. The molecule has 3 heterocycles. The highest BCUT2D eigenvalue weighted by molar-refractivity contribution is 7.39. The second kappa shape index (κ2) is 5.25. The maximum atomic E-state index is 12.5. The summed E-state index contributed by atoms with van der Waals surface area (Å²) in [5.41, 5.74) is 0. The first-order valence-electron chi connectivity index (χ1n) is 6.99. The van der Waals surface area contributed by atoms with Gasteiger partial charge in [0.1, 0.15) is 0 Å². The number of thiophene rings is 2. The first-order chi connectivity index (χ1) is 9.17. The van der Waals surface area contributed by atoms with Crippen molar-refractivity contribution in [3.05, 3.63) is 21.9 Å². The van der Waals surface area contributed by atoms with Gasteiger partial charge in [0.05, 0.1) is 8.89 Å². The van der Waals surface area contributed by atoms with Crippen molar-refractivity contribution >= 4 is 38.0 Å². The largest absolute Gasteiger partial charge is 0.338 e. The van der Waals surface area contributed by atoms with E-state index in [0.717, 1.165) is 30.8 Å². The van der Waals surface area contributed by atoms with Crippen molar-refractivity contribution in [3.8, 4) is 0 Å². The topological polar surface area (TPSA) is 20.3 Å². The monoisotopic (exact) mass is 293 g/mol. The van der Waals surface area contributed by atoms with Crippen molar-refractivity contribution in [1.29, 1.82) is 0 Å². The molecule has 1 aliphatic heterocycles. The Morgan fingerprint density at radius 2 is 2.26 bits per heavy atom. The molecule has 102 valence electrons. The molecule has 1 amide bonds. The summed E-state index contributed by atoms with van der Waals surface area (Å²) in [6, 6.07) is 4.31. The van der Waals surface area contributed by atoms with Gasteiger partial charge in [-0.25, -0.2) is 0 Å². The number of likely N-dealkylation sites (tertiary alicyclic amines) is 1. The summed E-state index contributed by atoms with van der Waals surface area (Å²) in [7, 11) is 0. The molecule has 4 heteroatoms. The lowest BCUT2D eigenvalue weighted by atomic mass is 10.0. The summed E-state index contributed by atoms with van der Waals surface area (Å²) < 4.78 is 1.30. The second-order valence-electron chi connectivity index (χ2n) is 5.42. The molecular formula is C15H19NOS2. The van der Waals surface area contributed by atoms with Crippen LogP contribution in [0.15, 0.2) is 12.1 Å². The van der Waals surface area contributed by atoms with Crippen molar-refractivity contribution in [2.75, 3.05) is 13.1 Å². The summed E-state index contributed by atoms with van der Waals surface area (Å²) in [6.07, 6.45) is 3.48. The molecule has 19 heavy (non-hydrogen) atoms. The summed E-state index contributed by atoms with van der Waals surface area (Å²) in [6.45, 7) is 6.26. The van der Waals surface area contributed by atoms with E-state index in [-0.39, 0.29) is 5.91 Å². The summed E-state index contributed by atoms with van der Waals surface area (Å²) in [5.74, 6) is 0.878. The van der Waals surface area contributed by atoms with Crippen molar-refractivity contribution < 1.29 is 4.79 Å². The van der Waals surface area contributed by atoms with E-state index < -0.39 is 0 Å². The first kappa shape index (κ1) is 13.1. The third-order valence-corrected chi connectivity index (χ3v) is 6.29. The number of amides is 1. The molecule has 2 aromatic heterocycles. The number of fused-ring (bicyclic) bond motifs is 1. The lowest BCUT2D eigenvalue weighted by molar-refractivity contribution is 0.0688. The predicted molar refractivity (Wildman–Crippen MR) is 83.4 cm³/mol. The van der Waals surface area contributed by atoms with Crippen molar-refractivity contribution in [1.82, 2.24) is 4.90 Å². The van der Waals surface area contributed by atoms with Gasteiger partial charge in [0, 0.05) is 23.4 Å². The number of piperidine rings is 1. The Hall–Kier alpha value is -0.870. The molecule has 1 atom stereocenters. The third kappa shape index (κ3) is 2.56. The quantitative estimate of drug-likeness (QED) is 0.804. The van der Waals surface area contributed by atoms with Crippen LogP contribution in [0.2, 0.25) is 0 Å². The minimum absolute atomic E-state index is 0.234. The number of hydrogen-bond acceptors (Lipinski definition) is 3. The Morgan fingerprint density at radius 1 is 1.42 bits per heavy atom. The first-order valence-corrected chi connectivity index (χ1v) is 8.62. The third-order valence-electron chi connectivity index (χ3n) is 3.77. The van der Waals surface area contributed by atoms with Crippen LogP contribution in [0, 0.1) is 5.92 Å². The lowest BCUT2D eigenvalue weighted by Gasteiger charge is -2.30. The molecular weight excluding hydrogens is 274 g/mol. The van der Waals surface area contributed by atoms with Gasteiger partial charge in [-0.1, -0.05) is 13.8 Å². The van der Waals surface area contributed by atoms with Crippen LogP contribution in [0.1, 0.15) is 41.2 Å². The van der Waals surface area contributed by atoms with Gasteiger partial charge in [-0.05, 0) is 37.3 Å². The highest BCUT2D eigenvalue weighted by atomic mass is 32.2. The van der Waals surface area contributed by atoms with Gasteiger partial charge in [-0.3, -0.25) is 4.79 Å². The number of nitrogens with zero attached hydrogens (tertiary/aromatic N) is 1. The summed E-state index contributed by atoms with van der Waals surface area (Å²) in [4.78, 5) is 16.9. The SMILES string of the molecule is CCc1cc2cc(C(=O)N3CCCC(C)C3)sc2s1. The van der Waals surface area contributed by atoms with E-state index in [4.69, 9.17) is 0 Å². The predicted octanol–water partition coefficient (Wildman–Crippen LogP) is 4.40. The minimum Gasteiger partial charge on any atom is -0.338 e. The van der Waals surface area contributed by atoms with Crippen LogP contribution < -0.4 is 0 Å². The van der Waals surface area contributed by atoms with E-state index in [0.29, 0.717) is 5.92 Å². The molecule has 0 spiro atoms. The maximum Gasteiger partial charge on any atom is 0.264 e. The fraction of sp³-hybridized carbons (Fsp3) is 0.533. The Kier molecular flexibility index (Phi) is 3.63. The number of carbonyl (C=O) groups is 1. The zero-order valence-corrected chi connectivity index (χ0v) is 13.1. The molecule has 0 N–H and O–H groups in total. The number of hydrogen-bond donors (Lipinski definition) is 0. The Bertz CT molecular complexity index is 567. The molecule has 1 aliphatic rings. The van der Waals surface area contributed by atoms with Gasteiger partial charge in [0.15, 0.2) is 0 Å². The Morgan fingerprint density at radius 3 is 2.95 bits per heavy atom. The summed E-state index contributed by atoms with van der Waals surface area (Å²) in [5, 5.41) is 1.25.